The third-order valence-corrected chi connectivity index (χ3v) is 2.47. The average Bonchev–Trinajstić information content (AvgIpc) is 2.48. The van der Waals surface area contributed by atoms with Crippen LogP contribution < -0.4 is 0 Å². The minimum absolute atomic E-state index is 0. The van der Waals surface area contributed by atoms with Crippen molar-refractivity contribution in [3.63, 3.8) is 0 Å². The van der Waals surface area contributed by atoms with Gasteiger partial charge in [-0.15, -0.1) is 35.2 Å². The molecule has 1 radical (unpaired) electrons. The maximum Gasteiger partial charge on any atom is 0.000623 e. The summed E-state index contributed by atoms with van der Waals surface area (Å²) in [6, 6.07) is 9.53. The summed E-state index contributed by atoms with van der Waals surface area (Å²) in [4.78, 5) is 0. The number of rotatable bonds is 1. The van der Waals surface area contributed by atoms with Gasteiger partial charge in [-0.3, -0.25) is 0 Å². The number of fused-ring (bicyclic) bond motifs is 1. The Hall–Kier alpha value is -0.136. The van der Waals surface area contributed by atoms with Crippen LogP contribution in [0.5, 0.6) is 0 Å². The van der Waals surface area contributed by atoms with Gasteiger partial charge in [-0.2, -0.15) is 0 Å². The number of benzene rings is 1. The van der Waals surface area contributed by atoms with Crippen molar-refractivity contribution in [3.8, 4) is 0 Å². The van der Waals surface area contributed by atoms with E-state index in [1.54, 1.807) is 0 Å². The van der Waals surface area contributed by atoms with Gasteiger partial charge < -0.3 is 4.57 Å². The predicted molar refractivity (Wildman–Crippen MR) is 55.8 cm³/mol. The summed E-state index contributed by atoms with van der Waals surface area (Å²) in [5, 5.41) is 1.22. The summed E-state index contributed by atoms with van der Waals surface area (Å²) in [7, 11) is 2.09. The number of nitrogens with zero attached hydrogens (tertiary/aromatic N) is 1. The Morgan fingerprint density at radius 2 is 2.00 bits per heavy atom. The molecular weight excluding hydrogens is 247 g/mol. The molecule has 0 fully saturated rings. The standard InChI is InChI=1S/C12H14N.Y/c1-9(2)11-6-4-5-10-7-8-13(3)12(10)11;/h4,6-9H,1-3H3;/q-1;. The second kappa shape index (κ2) is 4.59. The van der Waals surface area contributed by atoms with Crippen LogP contribution in [-0.4, -0.2) is 4.57 Å². The Kier molecular flexibility index (Phi) is 3.91. The Morgan fingerprint density at radius 1 is 1.29 bits per heavy atom. The first-order valence-electron chi connectivity index (χ1n) is 4.66. The maximum absolute atomic E-state index is 3.25. The van der Waals surface area contributed by atoms with Crippen LogP contribution in [0, 0.1) is 6.07 Å². The van der Waals surface area contributed by atoms with Crippen molar-refractivity contribution >= 4 is 10.9 Å². The number of aromatic nitrogens is 1. The predicted octanol–water partition coefficient (Wildman–Crippen LogP) is 3.10. The van der Waals surface area contributed by atoms with Crippen molar-refractivity contribution in [3.05, 3.63) is 36.0 Å². The fourth-order valence-electron chi connectivity index (χ4n) is 1.77. The fraction of sp³-hybridized carbons (Fsp3) is 0.333. The van der Waals surface area contributed by atoms with Crippen LogP contribution in [0.25, 0.3) is 10.9 Å². The average molecular weight is 261 g/mol. The molecule has 71 valence electrons. The quantitative estimate of drug-likeness (QED) is 0.695. The van der Waals surface area contributed by atoms with Crippen LogP contribution in [0.2, 0.25) is 0 Å². The molecule has 2 rings (SSSR count). The normalized spacial score (nSPS) is 10.6. The second-order valence-corrected chi connectivity index (χ2v) is 3.78. The van der Waals surface area contributed by atoms with Crippen molar-refractivity contribution in [1.82, 2.24) is 4.57 Å². The largest absolute Gasteiger partial charge is 0.398 e. The molecule has 2 heteroatoms. The van der Waals surface area contributed by atoms with Gasteiger partial charge in [0.15, 0.2) is 0 Å². The molecule has 0 saturated carbocycles. The van der Waals surface area contributed by atoms with Crippen molar-refractivity contribution < 1.29 is 32.7 Å². The van der Waals surface area contributed by atoms with E-state index in [1.165, 1.54) is 16.5 Å². The molecule has 0 N–H and O–H groups in total. The van der Waals surface area contributed by atoms with Gasteiger partial charge in [-0.05, 0) is 17.6 Å². The fourth-order valence-corrected chi connectivity index (χ4v) is 1.77. The smallest absolute Gasteiger partial charge is 0.000623 e. The molecule has 1 aromatic carbocycles. The number of hydrogen-bond acceptors (Lipinski definition) is 0. The Bertz CT molecular complexity index is 429. The van der Waals surface area contributed by atoms with Crippen LogP contribution in [-0.2, 0) is 39.8 Å². The van der Waals surface area contributed by atoms with Crippen LogP contribution in [0.3, 0.4) is 0 Å². The van der Waals surface area contributed by atoms with E-state index in [1.807, 2.05) is 6.07 Å². The molecule has 0 atom stereocenters. The second-order valence-electron chi connectivity index (χ2n) is 3.78. The molecule has 1 heterocycles. The van der Waals surface area contributed by atoms with Gasteiger partial charge in [0.05, 0.1) is 0 Å². The molecule has 0 saturated heterocycles. The molecule has 0 spiro atoms. The van der Waals surface area contributed by atoms with E-state index in [0.717, 1.165) is 0 Å². The SMILES string of the molecule is CC(C)c1cc[c-]c2ccn(C)c12.[Y]. The molecule has 1 nitrogen and oxygen atoms in total. The van der Waals surface area contributed by atoms with Crippen LogP contribution >= 0.6 is 0 Å². The Labute approximate surface area is 110 Å². The summed E-state index contributed by atoms with van der Waals surface area (Å²) in [5.41, 5.74) is 2.72. The van der Waals surface area contributed by atoms with E-state index < -0.39 is 0 Å². The van der Waals surface area contributed by atoms with Gasteiger partial charge in [-0.25, -0.2) is 0 Å². The van der Waals surface area contributed by atoms with E-state index >= 15 is 0 Å². The third-order valence-electron chi connectivity index (χ3n) is 2.47. The zero-order chi connectivity index (χ0) is 9.42. The monoisotopic (exact) mass is 261 g/mol. The number of aryl methyl sites for hydroxylation is 1. The van der Waals surface area contributed by atoms with Crippen molar-refractivity contribution in [2.24, 2.45) is 7.05 Å². The molecular formula is C12H14NY-. The Balaban J connectivity index is 0.000000980. The Morgan fingerprint density at radius 3 is 2.64 bits per heavy atom. The van der Waals surface area contributed by atoms with Crippen molar-refractivity contribution in [2.45, 2.75) is 19.8 Å². The molecule has 14 heavy (non-hydrogen) atoms. The summed E-state index contributed by atoms with van der Waals surface area (Å²) < 4.78 is 2.17. The zero-order valence-corrected chi connectivity index (χ0v) is 11.7. The molecule has 0 aliphatic heterocycles. The first-order chi connectivity index (χ1) is 6.20. The van der Waals surface area contributed by atoms with E-state index in [4.69, 9.17) is 0 Å². The van der Waals surface area contributed by atoms with Gasteiger partial charge in [0.2, 0.25) is 0 Å². The molecule has 2 aromatic rings. The molecule has 0 amide bonds. The molecule has 0 aliphatic carbocycles. The third kappa shape index (κ3) is 1.94. The molecule has 0 bridgehead atoms. The van der Waals surface area contributed by atoms with E-state index in [2.05, 4.69) is 49.9 Å². The van der Waals surface area contributed by atoms with Gasteiger partial charge >= 0.3 is 0 Å². The molecule has 0 aliphatic rings. The van der Waals surface area contributed by atoms with Gasteiger partial charge in [0, 0.05) is 39.8 Å². The van der Waals surface area contributed by atoms with Crippen LogP contribution in [0.1, 0.15) is 25.3 Å². The van der Waals surface area contributed by atoms with Crippen LogP contribution in [0.4, 0.5) is 0 Å². The summed E-state index contributed by atoms with van der Waals surface area (Å²) in [5.74, 6) is 0.575. The van der Waals surface area contributed by atoms with Gasteiger partial charge in [0.1, 0.15) is 0 Å². The zero-order valence-electron chi connectivity index (χ0n) is 8.91. The summed E-state index contributed by atoms with van der Waals surface area (Å²) >= 11 is 0. The van der Waals surface area contributed by atoms with E-state index in [0.29, 0.717) is 5.92 Å². The van der Waals surface area contributed by atoms with Gasteiger partial charge in [-0.1, -0.05) is 13.8 Å². The van der Waals surface area contributed by atoms with E-state index in [-0.39, 0.29) is 32.7 Å². The summed E-state index contributed by atoms with van der Waals surface area (Å²) in [6.45, 7) is 4.45. The topological polar surface area (TPSA) is 4.93 Å². The summed E-state index contributed by atoms with van der Waals surface area (Å²) in [6.07, 6.45) is 2.09. The molecule has 1 aromatic heterocycles. The first-order valence-corrected chi connectivity index (χ1v) is 4.66. The van der Waals surface area contributed by atoms with Gasteiger partial charge in [0.25, 0.3) is 0 Å². The maximum atomic E-state index is 3.25. The van der Waals surface area contributed by atoms with E-state index in [9.17, 15) is 0 Å². The number of hydrogen-bond donors (Lipinski definition) is 0. The minimum Gasteiger partial charge on any atom is -0.398 e. The van der Waals surface area contributed by atoms with Crippen molar-refractivity contribution in [1.29, 1.82) is 0 Å². The van der Waals surface area contributed by atoms with Crippen LogP contribution in [0.15, 0.2) is 24.4 Å². The van der Waals surface area contributed by atoms with Crippen molar-refractivity contribution in [2.75, 3.05) is 0 Å². The molecule has 0 unspecified atom stereocenters. The first kappa shape index (κ1) is 11.9. The minimum atomic E-state index is 0.